The number of anilines is 1. The zero-order chi connectivity index (χ0) is 13.2. The molecule has 1 heterocycles. The molecule has 0 spiro atoms. The molecular weight excluding hydrogens is 234 g/mol. The summed E-state index contributed by atoms with van der Waals surface area (Å²) in [5.74, 6) is 0.555. The molecule has 1 fully saturated rings. The van der Waals surface area contributed by atoms with Crippen molar-refractivity contribution in [1.29, 1.82) is 0 Å². The lowest BCUT2D eigenvalue weighted by atomic mass is 9.86. The highest BCUT2D eigenvalue weighted by molar-refractivity contribution is 5.48. The number of aryl methyl sites for hydroxylation is 1. The van der Waals surface area contributed by atoms with Gasteiger partial charge in [0.25, 0.3) is 0 Å². The van der Waals surface area contributed by atoms with Crippen LogP contribution in [0.1, 0.15) is 49.3 Å². The van der Waals surface area contributed by atoms with Crippen molar-refractivity contribution in [2.24, 2.45) is 0 Å². The van der Waals surface area contributed by atoms with E-state index in [9.17, 15) is 0 Å². The summed E-state index contributed by atoms with van der Waals surface area (Å²) in [4.78, 5) is 0. The van der Waals surface area contributed by atoms with E-state index in [4.69, 9.17) is 10.8 Å². The second kappa shape index (κ2) is 5.08. The van der Waals surface area contributed by atoms with E-state index in [1.165, 1.54) is 37.7 Å². The van der Waals surface area contributed by atoms with Gasteiger partial charge in [0.15, 0.2) is 0 Å². The number of rotatable bonds is 2. The van der Waals surface area contributed by atoms with Crippen LogP contribution in [0.2, 0.25) is 0 Å². The first kappa shape index (κ1) is 12.3. The van der Waals surface area contributed by atoms with Crippen LogP contribution in [0.4, 0.5) is 5.69 Å². The highest BCUT2D eigenvalue weighted by Crippen LogP contribution is 2.34. The summed E-state index contributed by atoms with van der Waals surface area (Å²) in [5.41, 5.74) is 10.5. The van der Waals surface area contributed by atoms with Crippen molar-refractivity contribution in [2.75, 3.05) is 5.73 Å². The Labute approximate surface area is 114 Å². The molecule has 1 aromatic heterocycles. The first-order valence-corrected chi connectivity index (χ1v) is 7.17. The summed E-state index contributed by atoms with van der Waals surface area (Å²) in [5, 5.41) is 4.76. The summed E-state index contributed by atoms with van der Waals surface area (Å²) in [6.07, 6.45) is 8.40. The van der Waals surface area contributed by atoms with Gasteiger partial charge < -0.3 is 5.73 Å². The van der Waals surface area contributed by atoms with Crippen LogP contribution < -0.4 is 5.73 Å². The van der Waals surface area contributed by atoms with E-state index >= 15 is 0 Å². The van der Waals surface area contributed by atoms with Crippen LogP contribution in [0, 0.1) is 6.92 Å². The van der Waals surface area contributed by atoms with Crippen LogP contribution in [0.3, 0.4) is 0 Å². The molecule has 2 N–H and O–H groups in total. The molecule has 3 nitrogen and oxygen atoms in total. The number of nitrogens with zero attached hydrogens (tertiary/aromatic N) is 2. The number of nitrogens with two attached hydrogens (primary N) is 1. The molecular formula is C16H21N3. The molecule has 0 aliphatic heterocycles. The topological polar surface area (TPSA) is 43.8 Å². The summed E-state index contributed by atoms with van der Waals surface area (Å²) < 4.78 is 1.94. The molecule has 1 aliphatic rings. The van der Waals surface area contributed by atoms with Gasteiger partial charge in [0.05, 0.1) is 23.3 Å². The molecule has 100 valence electrons. The molecule has 0 unspecified atom stereocenters. The van der Waals surface area contributed by atoms with Crippen LogP contribution in [0.15, 0.2) is 30.5 Å². The van der Waals surface area contributed by atoms with Crippen LogP contribution in [-0.2, 0) is 0 Å². The van der Waals surface area contributed by atoms with Crippen molar-refractivity contribution in [3.8, 4) is 5.69 Å². The van der Waals surface area contributed by atoms with Gasteiger partial charge in [0.1, 0.15) is 0 Å². The monoisotopic (exact) mass is 255 g/mol. The summed E-state index contributed by atoms with van der Waals surface area (Å²) >= 11 is 0. The van der Waals surface area contributed by atoms with Crippen LogP contribution >= 0.6 is 0 Å². The average Bonchev–Trinajstić information content (AvgIpc) is 2.82. The van der Waals surface area contributed by atoms with Crippen LogP contribution in [-0.4, -0.2) is 9.78 Å². The van der Waals surface area contributed by atoms with Crippen molar-refractivity contribution in [1.82, 2.24) is 9.78 Å². The predicted molar refractivity (Wildman–Crippen MR) is 78.5 cm³/mol. The number of para-hydroxylation sites is 1. The lowest BCUT2D eigenvalue weighted by Crippen LogP contribution is -2.08. The van der Waals surface area contributed by atoms with Crippen LogP contribution in [0.25, 0.3) is 5.69 Å². The van der Waals surface area contributed by atoms with Crippen LogP contribution in [0.5, 0.6) is 0 Å². The molecule has 2 aromatic rings. The third kappa shape index (κ3) is 2.37. The Morgan fingerprint density at radius 3 is 2.63 bits per heavy atom. The molecule has 0 atom stereocenters. The predicted octanol–water partition coefficient (Wildman–Crippen LogP) is 3.81. The van der Waals surface area contributed by atoms with Gasteiger partial charge in [-0.1, -0.05) is 37.5 Å². The minimum Gasteiger partial charge on any atom is -0.396 e. The average molecular weight is 255 g/mol. The molecule has 0 radical (unpaired) electrons. The first-order chi connectivity index (χ1) is 9.25. The normalized spacial score (nSPS) is 16.7. The molecule has 3 rings (SSSR count). The highest BCUT2D eigenvalue weighted by Gasteiger charge is 2.21. The molecule has 0 amide bonds. The number of hydrogen-bond donors (Lipinski definition) is 1. The quantitative estimate of drug-likeness (QED) is 0.886. The molecule has 1 saturated carbocycles. The molecule has 3 heteroatoms. The van der Waals surface area contributed by atoms with Gasteiger partial charge in [-0.25, -0.2) is 4.68 Å². The second-order valence-electron chi connectivity index (χ2n) is 5.54. The van der Waals surface area contributed by atoms with Crippen molar-refractivity contribution in [3.63, 3.8) is 0 Å². The molecule has 1 aromatic carbocycles. The zero-order valence-corrected chi connectivity index (χ0v) is 11.5. The van der Waals surface area contributed by atoms with Crippen molar-refractivity contribution in [2.45, 2.75) is 44.9 Å². The Morgan fingerprint density at radius 1 is 1.16 bits per heavy atom. The van der Waals surface area contributed by atoms with Crippen molar-refractivity contribution >= 4 is 5.69 Å². The van der Waals surface area contributed by atoms with Gasteiger partial charge in [-0.15, -0.1) is 0 Å². The minimum atomic E-state index is 0.555. The van der Waals surface area contributed by atoms with Crippen molar-refractivity contribution in [3.05, 3.63) is 41.7 Å². The maximum Gasteiger partial charge on any atom is 0.0889 e. The largest absolute Gasteiger partial charge is 0.396 e. The van der Waals surface area contributed by atoms with E-state index in [0.29, 0.717) is 5.92 Å². The van der Waals surface area contributed by atoms with Crippen molar-refractivity contribution < 1.29 is 0 Å². The smallest absolute Gasteiger partial charge is 0.0889 e. The van der Waals surface area contributed by atoms with Gasteiger partial charge in [0, 0.05) is 5.92 Å². The lowest BCUT2D eigenvalue weighted by molar-refractivity contribution is 0.435. The molecule has 0 bridgehead atoms. The molecule has 0 saturated heterocycles. The summed E-state index contributed by atoms with van der Waals surface area (Å²) in [7, 11) is 0. The second-order valence-corrected chi connectivity index (χ2v) is 5.54. The van der Waals surface area contributed by atoms with E-state index in [1.807, 2.05) is 23.0 Å². The Balaban J connectivity index is 1.95. The molecule has 1 aliphatic carbocycles. The fourth-order valence-corrected chi connectivity index (χ4v) is 3.04. The fourth-order valence-electron chi connectivity index (χ4n) is 3.04. The van der Waals surface area contributed by atoms with Gasteiger partial charge in [-0.2, -0.15) is 5.10 Å². The standard InChI is InChI=1S/C16H21N3/c1-12-7-5-6-10-15(12)19-11-14(17)16(18-19)13-8-3-2-4-9-13/h5-7,10-11,13H,2-4,8-9,17H2,1H3. The Morgan fingerprint density at radius 2 is 1.89 bits per heavy atom. The Bertz CT molecular complexity index is 565. The SMILES string of the molecule is Cc1ccccc1-n1cc(N)c(C2CCCCC2)n1. The summed E-state index contributed by atoms with van der Waals surface area (Å²) in [6, 6.07) is 8.29. The number of benzene rings is 1. The Hall–Kier alpha value is -1.77. The third-order valence-electron chi connectivity index (χ3n) is 4.13. The Kier molecular flexibility index (Phi) is 3.28. The number of nitrogen functional groups attached to an aromatic ring is 1. The third-order valence-corrected chi connectivity index (χ3v) is 4.13. The van der Waals surface area contributed by atoms with Gasteiger partial charge >= 0.3 is 0 Å². The maximum absolute atomic E-state index is 6.18. The fraction of sp³-hybridized carbons (Fsp3) is 0.438. The number of aromatic nitrogens is 2. The van der Waals surface area contributed by atoms with Gasteiger partial charge in [-0.05, 0) is 31.4 Å². The number of hydrogen-bond acceptors (Lipinski definition) is 2. The van der Waals surface area contributed by atoms with Gasteiger partial charge in [-0.3, -0.25) is 0 Å². The molecule has 19 heavy (non-hydrogen) atoms. The maximum atomic E-state index is 6.18. The van der Waals surface area contributed by atoms with Gasteiger partial charge in [0.2, 0.25) is 0 Å². The van der Waals surface area contributed by atoms with E-state index < -0.39 is 0 Å². The van der Waals surface area contributed by atoms with E-state index in [1.54, 1.807) is 0 Å². The van der Waals surface area contributed by atoms with E-state index in [0.717, 1.165) is 17.1 Å². The summed E-state index contributed by atoms with van der Waals surface area (Å²) in [6.45, 7) is 2.10. The van der Waals surface area contributed by atoms with E-state index in [2.05, 4.69) is 19.1 Å². The minimum absolute atomic E-state index is 0.555. The lowest BCUT2D eigenvalue weighted by Gasteiger charge is -2.20. The zero-order valence-electron chi connectivity index (χ0n) is 11.5. The first-order valence-electron chi connectivity index (χ1n) is 7.17. The van der Waals surface area contributed by atoms with E-state index in [-0.39, 0.29) is 0 Å². The highest BCUT2D eigenvalue weighted by atomic mass is 15.3.